The Bertz CT molecular complexity index is 430. The van der Waals surface area contributed by atoms with Crippen molar-refractivity contribution in [1.82, 2.24) is 8.25 Å². The average molecular weight is 226 g/mol. The molecule has 1 aromatic heterocycles. The highest BCUT2D eigenvalue weighted by molar-refractivity contribution is 7.76. The van der Waals surface area contributed by atoms with Crippen LogP contribution in [0.15, 0.2) is 24.3 Å². The van der Waals surface area contributed by atoms with Gasteiger partial charge in [-0.3, -0.25) is 4.79 Å². The Morgan fingerprint density at radius 2 is 2.07 bits per heavy atom. The minimum Gasteiger partial charge on any atom is -0.345 e. The molecule has 0 spiro atoms. The molecule has 0 N–H and O–H groups in total. The van der Waals surface area contributed by atoms with Gasteiger partial charge in [0.05, 0.1) is 5.69 Å². The maximum Gasteiger partial charge on any atom is 0.253 e. The standard InChI is InChI=1S/C9H10N2OS2/c1-10(2)9(12)7-4-3-5-8(6-7)11-13-14-11/h3-6H,1-2H3. The van der Waals surface area contributed by atoms with Crippen molar-refractivity contribution in [3.63, 3.8) is 0 Å². The van der Waals surface area contributed by atoms with Gasteiger partial charge in [0.2, 0.25) is 0 Å². The van der Waals surface area contributed by atoms with Crippen LogP contribution in [0.3, 0.4) is 0 Å². The zero-order chi connectivity index (χ0) is 10.1. The van der Waals surface area contributed by atoms with E-state index in [4.69, 9.17) is 0 Å². The van der Waals surface area contributed by atoms with Crippen molar-refractivity contribution in [2.45, 2.75) is 0 Å². The van der Waals surface area contributed by atoms with E-state index in [1.54, 1.807) is 40.1 Å². The molecular weight excluding hydrogens is 216 g/mol. The Labute approximate surface area is 89.9 Å². The fourth-order valence-corrected chi connectivity index (χ4v) is 2.16. The van der Waals surface area contributed by atoms with Crippen LogP contribution >= 0.6 is 21.1 Å². The molecule has 3 nitrogen and oxygen atoms in total. The first-order valence-corrected chi connectivity index (χ1v) is 6.21. The normalized spacial score (nSPS) is 10.4. The summed E-state index contributed by atoms with van der Waals surface area (Å²) in [5, 5.41) is 0. The molecule has 0 fully saturated rings. The van der Waals surface area contributed by atoms with E-state index in [1.165, 1.54) is 0 Å². The SMILES string of the molecule is CN(C)C(=O)c1cccc(-n2ss2)c1. The molecule has 5 heteroatoms. The molecule has 74 valence electrons. The molecule has 14 heavy (non-hydrogen) atoms. The van der Waals surface area contributed by atoms with E-state index in [9.17, 15) is 4.79 Å². The van der Waals surface area contributed by atoms with E-state index < -0.39 is 0 Å². The highest BCUT2D eigenvalue weighted by atomic mass is 33.0. The number of amides is 1. The van der Waals surface area contributed by atoms with E-state index >= 15 is 0 Å². The molecule has 2 aromatic rings. The van der Waals surface area contributed by atoms with Crippen molar-refractivity contribution in [2.24, 2.45) is 0 Å². The summed E-state index contributed by atoms with van der Waals surface area (Å²) in [4.78, 5) is 13.2. The van der Waals surface area contributed by atoms with Gasteiger partial charge in [-0.15, -0.1) is 0 Å². The second kappa shape index (κ2) is 3.59. The Morgan fingerprint density at radius 1 is 1.36 bits per heavy atom. The largest absolute Gasteiger partial charge is 0.345 e. The summed E-state index contributed by atoms with van der Waals surface area (Å²) in [6, 6.07) is 7.66. The summed E-state index contributed by atoms with van der Waals surface area (Å²) in [5.41, 5.74) is 1.81. The van der Waals surface area contributed by atoms with Gasteiger partial charge >= 0.3 is 0 Å². The second-order valence-corrected chi connectivity index (χ2v) is 5.31. The van der Waals surface area contributed by atoms with Gasteiger partial charge in [0.1, 0.15) is 0 Å². The van der Waals surface area contributed by atoms with Gasteiger partial charge in [-0.25, -0.2) is 3.35 Å². The van der Waals surface area contributed by atoms with Crippen LogP contribution in [0.4, 0.5) is 0 Å². The first-order chi connectivity index (χ1) is 6.68. The van der Waals surface area contributed by atoms with E-state index in [0.717, 1.165) is 11.3 Å². The summed E-state index contributed by atoms with van der Waals surface area (Å²) in [6.07, 6.45) is 0. The van der Waals surface area contributed by atoms with E-state index in [2.05, 4.69) is 3.35 Å². The summed E-state index contributed by atoms with van der Waals surface area (Å²) < 4.78 is 2.06. The van der Waals surface area contributed by atoms with E-state index in [-0.39, 0.29) is 5.91 Å². The zero-order valence-electron chi connectivity index (χ0n) is 7.93. The predicted octanol–water partition coefficient (Wildman–Crippen LogP) is 2.30. The molecule has 1 amide bonds. The minimum absolute atomic E-state index is 0.0451. The lowest BCUT2D eigenvalue weighted by molar-refractivity contribution is 0.0827. The molecule has 0 saturated carbocycles. The summed E-state index contributed by atoms with van der Waals surface area (Å²) >= 11 is 0. The molecular formula is C9H10N2OS2. The van der Waals surface area contributed by atoms with Crippen molar-refractivity contribution < 1.29 is 4.79 Å². The first-order valence-electron chi connectivity index (χ1n) is 4.15. The Morgan fingerprint density at radius 3 is 2.64 bits per heavy atom. The van der Waals surface area contributed by atoms with E-state index in [1.807, 2.05) is 24.3 Å². The first kappa shape index (κ1) is 9.48. The molecule has 0 bridgehead atoms. The molecule has 0 radical (unpaired) electrons. The van der Waals surface area contributed by atoms with Crippen molar-refractivity contribution in [3.8, 4) is 5.69 Å². The maximum atomic E-state index is 11.6. The third-order valence-corrected chi connectivity index (χ3v) is 3.47. The molecule has 0 aliphatic carbocycles. The molecule has 0 saturated heterocycles. The fourth-order valence-electron chi connectivity index (χ4n) is 1.11. The number of aromatic nitrogens is 1. The monoisotopic (exact) mass is 226 g/mol. The number of nitrogens with zero attached hydrogens (tertiary/aromatic N) is 2. The number of hydrogen-bond acceptors (Lipinski definition) is 3. The number of carbonyl (C=O) groups excluding carboxylic acids is 1. The van der Waals surface area contributed by atoms with Crippen molar-refractivity contribution in [2.75, 3.05) is 14.1 Å². The molecule has 1 heterocycles. The smallest absolute Gasteiger partial charge is 0.253 e. The average Bonchev–Trinajstić information content (AvgIpc) is 3.00. The third-order valence-electron chi connectivity index (χ3n) is 1.86. The van der Waals surface area contributed by atoms with Gasteiger partial charge in [-0.1, -0.05) is 6.07 Å². The van der Waals surface area contributed by atoms with Crippen LogP contribution in [0.5, 0.6) is 0 Å². The van der Waals surface area contributed by atoms with Crippen LogP contribution in [0, 0.1) is 0 Å². The molecule has 0 aliphatic rings. The number of benzene rings is 1. The van der Waals surface area contributed by atoms with Gasteiger partial charge in [0.25, 0.3) is 5.91 Å². The van der Waals surface area contributed by atoms with E-state index in [0.29, 0.717) is 0 Å². The van der Waals surface area contributed by atoms with Crippen LogP contribution in [-0.2, 0) is 0 Å². The quantitative estimate of drug-likeness (QED) is 0.721. The van der Waals surface area contributed by atoms with Crippen LogP contribution < -0.4 is 0 Å². The molecule has 2 rings (SSSR count). The Balaban J connectivity index is 2.32. The summed E-state index contributed by atoms with van der Waals surface area (Å²) in [7, 11) is 6.87. The van der Waals surface area contributed by atoms with Crippen LogP contribution in [0.1, 0.15) is 10.4 Å². The van der Waals surface area contributed by atoms with Crippen LogP contribution in [0.2, 0.25) is 0 Å². The van der Waals surface area contributed by atoms with Gasteiger partial charge in [-0.2, -0.15) is 0 Å². The zero-order valence-corrected chi connectivity index (χ0v) is 9.56. The predicted molar refractivity (Wildman–Crippen MR) is 59.5 cm³/mol. The van der Waals surface area contributed by atoms with Gasteiger partial charge < -0.3 is 4.90 Å². The fraction of sp³-hybridized carbons (Fsp3) is 0.222. The summed E-state index contributed by atoms with van der Waals surface area (Å²) in [5.74, 6) is 0.0451. The van der Waals surface area contributed by atoms with Gasteiger partial charge in [0, 0.05) is 40.7 Å². The number of carbonyl (C=O) groups is 1. The lowest BCUT2D eigenvalue weighted by Crippen LogP contribution is -2.21. The maximum absolute atomic E-state index is 11.6. The van der Waals surface area contributed by atoms with Crippen molar-refractivity contribution in [3.05, 3.63) is 29.8 Å². The third kappa shape index (κ3) is 1.88. The van der Waals surface area contributed by atoms with Crippen LogP contribution in [0.25, 0.3) is 5.69 Å². The molecule has 1 aromatic carbocycles. The minimum atomic E-state index is 0.0451. The number of hydrogen-bond donors (Lipinski definition) is 0. The Hall–Kier alpha value is -1.07. The van der Waals surface area contributed by atoms with Crippen LogP contribution in [-0.4, -0.2) is 28.2 Å². The number of rotatable bonds is 2. The van der Waals surface area contributed by atoms with Gasteiger partial charge in [-0.05, 0) is 18.2 Å². The molecule has 0 atom stereocenters. The topological polar surface area (TPSA) is 25.2 Å². The lowest BCUT2D eigenvalue weighted by Gasteiger charge is -2.10. The molecule has 0 aliphatic heterocycles. The lowest BCUT2D eigenvalue weighted by atomic mass is 10.2. The highest BCUT2D eigenvalue weighted by Crippen LogP contribution is 2.25. The summed E-state index contributed by atoms with van der Waals surface area (Å²) in [6.45, 7) is 0. The highest BCUT2D eigenvalue weighted by Gasteiger charge is 2.10. The van der Waals surface area contributed by atoms with Gasteiger partial charge in [0.15, 0.2) is 0 Å². The Kier molecular flexibility index (Phi) is 2.43. The second-order valence-electron chi connectivity index (χ2n) is 3.16. The molecule has 0 unspecified atom stereocenters. The van der Waals surface area contributed by atoms with Crippen molar-refractivity contribution >= 4 is 27.0 Å². The van der Waals surface area contributed by atoms with Crippen molar-refractivity contribution in [1.29, 1.82) is 0 Å².